The topological polar surface area (TPSA) is 86.0 Å². The Morgan fingerprint density at radius 2 is 2.07 bits per heavy atom. The minimum absolute atomic E-state index is 0.0999. The zero-order valence-corrected chi connectivity index (χ0v) is 14.8. The van der Waals surface area contributed by atoms with E-state index in [2.05, 4.69) is 20.3 Å². The summed E-state index contributed by atoms with van der Waals surface area (Å²) in [4.78, 5) is 22.3. The number of likely N-dealkylation sites (tertiary alicyclic amines) is 1. The van der Waals surface area contributed by atoms with E-state index >= 15 is 0 Å². The van der Waals surface area contributed by atoms with Gasteiger partial charge in [0.2, 0.25) is 0 Å². The Morgan fingerprint density at radius 3 is 2.89 bits per heavy atom. The Balaban J connectivity index is 1.30. The highest BCUT2D eigenvalue weighted by Gasteiger charge is 2.29. The maximum Gasteiger partial charge on any atom is 0.274 e. The summed E-state index contributed by atoms with van der Waals surface area (Å²) in [6.45, 7) is 2.20. The van der Waals surface area contributed by atoms with Crippen molar-refractivity contribution in [3.8, 4) is 0 Å². The second kappa shape index (κ2) is 8.05. The average Bonchev–Trinajstić information content (AvgIpc) is 3.38. The van der Waals surface area contributed by atoms with Crippen LogP contribution in [0.15, 0.2) is 55.1 Å². The molecule has 0 radical (unpaired) electrons. The van der Waals surface area contributed by atoms with E-state index in [9.17, 15) is 4.79 Å². The lowest BCUT2D eigenvalue weighted by Crippen LogP contribution is -2.30. The van der Waals surface area contributed by atoms with E-state index in [4.69, 9.17) is 4.74 Å². The lowest BCUT2D eigenvalue weighted by molar-refractivity contribution is 0.0780. The number of hydrogen-bond acceptors (Lipinski definition) is 6. The number of ether oxygens (including phenoxy) is 1. The van der Waals surface area contributed by atoms with E-state index in [0.29, 0.717) is 32.0 Å². The average molecular weight is 364 g/mol. The Hall–Kier alpha value is -3.13. The summed E-state index contributed by atoms with van der Waals surface area (Å²) in [6.07, 6.45) is 7.30. The number of benzene rings is 1. The van der Waals surface area contributed by atoms with Crippen molar-refractivity contribution in [3.63, 3.8) is 0 Å². The number of carbonyl (C=O) groups is 1. The highest BCUT2D eigenvalue weighted by atomic mass is 16.5. The molecule has 8 heteroatoms. The van der Waals surface area contributed by atoms with Crippen molar-refractivity contribution in [3.05, 3.63) is 72.1 Å². The third-order valence-corrected chi connectivity index (χ3v) is 4.53. The highest BCUT2D eigenvalue weighted by Crippen LogP contribution is 2.22. The van der Waals surface area contributed by atoms with E-state index in [-0.39, 0.29) is 11.9 Å². The first-order chi connectivity index (χ1) is 13.3. The second-order valence-corrected chi connectivity index (χ2v) is 6.45. The van der Waals surface area contributed by atoms with Crippen LogP contribution < -0.4 is 0 Å². The predicted octanol–water partition coefficient (Wildman–Crippen LogP) is 1.87. The van der Waals surface area contributed by atoms with Gasteiger partial charge in [-0.25, -0.2) is 9.67 Å². The number of nitrogens with zero attached hydrogens (tertiary/aromatic N) is 6. The van der Waals surface area contributed by atoms with Crippen LogP contribution in [0.2, 0.25) is 0 Å². The molecule has 1 saturated heterocycles. The van der Waals surface area contributed by atoms with Gasteiger partial charge in [0.15, 0.2) is 0 Å². The fourth-order valence-corrected chi connectivity index (χ4v) is 3.12. The molecule has 0 N–H and O–H groups in total. The van der Waals surface area contributed by atoms with Crippen molar-refractivity contribution < 1.29 is 9.53 Å². The van der Waals surface area contributed by atoms with Gasteiger partial charge in [-0.2, -0.15) is 0 Å². The van der Waals surface area contributed by atoms with E-state index in [0.717, 1.165) is 17.7 Å². The molecule has 4 rings (SSSR count). The van der Waals surface area contributed by atoms with Gasteiger partial charge in [-0.3, -0.25) is 9.78 Å². The molecule has 2 aromatic heterocycles. The second-order valence-electron chi connectivity index (χ2n) is 6.45. The van der Waals surface area contributed by atoms with Crippen LogP contribution in [0.25, 0.3) is 0 Å². The number of carbonyl (C=O) groups excluding carboxylic acids is 1. The smallest absolute Gasteiger partial charge is 0.274 e. The first kappa shape index (κ1) is 17.3. The molecule has 1 unspecified atom stereocenters. The van der Waals surface area contributed by atoms with Crippen molar-refractivity contribution in [2.75, 3.05) is 13.1 Å². The molecule has 138 valence electrons. The minimum atomic E-state index is -0.0999. The molecule has 3 aromatic rings. The SMILES string of the molecule is O=C(c1cnccn1)N1CCC(n2cc(COCc3ccccc3)nn2)C1. The molecule has 0 spiro atoms. The predicted molar refractivity (Wildman–Crippen MR) is 96.5 cm³/mol. The maximum atomic E-state index is 12.5. The molecule has 0 aliphatic carbocycles. The Morgan fingerprint density at radius 1 is 1.19 bits per heavy atom. The Kier molecular flexibility index (Phi) is 5.15. The molecule has 1 aliphatic rings. The van der Waals surface area contributed by atoms with E-state index in [1.807, 2.05) is 41.2 Å². The number of aromatic nitrogens is 5. The molecule has 27 heavy (non-hydrogen) atoms. The van der Waals surface area contributed by atoms with Crippen LogP contribution >= 0.6 is 0 Å². The van der Waals surface area contributed by atoms with E-state index in [1.165, 1.54) is 12.4 Å². The van der Waals surface area contributed by atoms with Gasteiger partial charge in [0.1, 0.15) is 11.4 Å². The summed E-state index contributed by atoms with van der Waals surface area (Å²) < 4.78 is 7.53. The fourth-order valence-electron chi connectivity index (χ4n) is 3.12. The van der Waals surface area contributed by atoms with Crippen molar-refractivity contribution >= 4 is 5.91 Å². The van der Waals surface area contributed by atoms with Crippen LogP contribution in [0.4, 0.5) is 0 Å². The lowest BCUT2D eigenvalue weighted by Gasteiger charge is -2.15. The van der Waals surface area contributed by atoms with Crippen LogP contribution in [0.1, 0.15) is 34.2 Å². The largest absolute Gasteiger partial charge is 0.370 e. The first-order valence-corrected chi connectivity index (χ1v) is 8.87. The highest BCUT2D eigenvalue weighted by molar-refractivity contribution is 5.92. The van der Waals surface area contributed by atoms with Gasteiger partial charge < -0.3 is 9.64 Å². The van der Waals surface area contributed by atoms with Gasteiger partial charge in [-0.05, 0) is 12.0 Å². The lowest BCUT2D eigenvalue weighted by atomic mass is 10.2. The van der Waals surface area contributed by atoms with Crippen molar-refractivity contribution in [2.24, 2.45) is 0 Å². The number of hydrogen-bond donors (Lipinski definition) is 0. The summed E-state index contributed by atoms with van der Waals surface area (Å²) in [5, 5.41) is 8.39. The molecule has 1 aromatic carbocycles. The van der Waals surface area contributed by atoms with Crippen LogP contribution in [0.5, 0.6) is 0 Å². The summed E-state index contributed by atoms with van der Waals surface area (Å²) in [6, 6.07) is 10.1. The quantitative estimate of drug-likeness (QED) is 0.664. The van der Waals surface area contributed by atoms with Crippen LogP contribution in [-0.4, -0.2) is 48.9 Å². The van der Waals surface area contributed by atoms with Crippen molar-refractivity contribution in [1.82, 2.24) is 29.9 Å². The molecule has 1 atom stereocenters. The van der Waals surface area contributed by atoms with Crippen LogP contribution in [-0.2, 0) is 18.0 Å². The molecule has 1 fully saturated rings. The third-order valence-electron chi connectivity index (χ3n) is 4.53. The molecular formula is C19H20N6O2. The Bertz CT molecular complexity index is 883. The first-order valence-electron chi connectivity index (χ1n) is 8.87. The van der Waals surface area contributed by atoms with Gasteiger partial charge in [-0.15, -0.1) is 5.10 Å². The van der Waals surface area contributed by atoms with Crippen LogP contribution in [0.3, 0.4) is 0 Å². The van der Waals surface area contributed by atoms with Gasteiger partial charge >= 0.3 is 0 Å². The molecule has 3 heterocycles. The zero-order chi connectivity index (χ0) is 18.5. The van der Waals surface area contributed by atoms with Gasteiger partial charge in [-0.1, -0.05) is 35.5 Å². The number of amides is 1. The van der Waals surface area contributed by atoms with E-state index in [1.54, 1.807) is 11.1 Å². The van der Waals surface area contributed by atoms with E-state index < -0.39 is 0 Å². The Labute approximate surface area is 156 Å². The summed E-state index contributed by atoms with van der Waals surface area (Å²) in [5.41, 5.74) is 2.27. The molecule has 1 aliphatic heterocycles. The van der Waals surface area contributed by atoms with Gasteiger partial charge in [0, 0.05) is 25.5 Å². The molecule has 1 amide bonds. The summed E-state index contributed by atoms with van der Waals surface area (Å²) in [5.74, 6) is -0.0999. The summed E-state index contributed by atoms with van der Waals surface area (Å²) >= 11 is 0. The van der Waals surface area contributed by atoms with Crippen LogP contribution in [0, 0.1) is 0 Å². The molecule has 8 nitrogen and oxygen atoms in total. The minimum Gasteiger partial charge on any atom is -0.370 e. The van der Waals surface area contributed by atoms with Crippen molar-refractivity contribution in [1.29, 1.82) is 0 Å². The standard InChI is InChI=1S/C19H20N6O2/c26-19(18-10-20-7-8-21-18)24-9-6-17(12-24)25-11-16(22-23-25)14-27-13-15-4-2-1-3-5-15/h1-5,7-8,10-11,17H,6,9,12-14H2. The summed E-state index contributed by atoms with van der Waals surface area (Å²) in [7, 11) is 0. The zero-order valence-electron chi connectivity index (χ0n) is 14.8. The molecule has 0 saturated carbocycles. The number of rotatable bonds is 6. The maximum absolute atomic E-state index is 12.5. The normalized spacial score (nSPS) is 16.6. The molecule has 0 bridgehead atoms. The van der Waals surface area contributed by atoms with Gasteiger partial charge in [0.25, 0.3) is 5.91 Å². The third kappa shape index (κ3) is 4.17. The van der Waals surface area contributed by atoms with Gasteiger partial charge in [0.05, 0.1) is 31.6 Å². The monoisotopic (exact) mass is 364 g/mol. The molecular weight excluding hydrogens is 344 g/mol. The van der Waals surface area contributed by atoms with Crippen molar-refractivity contribution in [2.45, 2.75) is 25.7 Å². The fraction of sp³-hybridized carbons (Fsp3) is 0.316.